The molecule has 0 bridgehead atoms. The number of alkyl halides is 3. The number of hydrogen-bond donors (Lipinski definition) is 0. The van der Waals surface area contributed by atoms with Crippen LogP contribution in [0.5, 0.6) is 0 Å². The Hall–Kier alpha value is -0.190. The Morgan fingerprint density at radius 3 is 2.56 bits per heavy atom. The predicted molar refractivity (Wildman–Crippen MR) is 74.0 cm³/mol. The quantitative estimate of drug-likeness (QED) is 0.519. The first kappa shape index (κ1) is 15.9. The third-order valence-electron chi connectivity index (χ3n) is 2.64. The molecule has 0 aliphatic carbocycles. The fraction of sp³-hybridized carbons (Fsp3) is 0.538. The minimum absolute atomic E-state index is 0.0890. The number of aryl methyl sites for hydroxylation is 2. The lowest BCUT2D eigenvalue weighted by molar-refractivity contribution is 0.0167. The molecule has 102 valence electrons. The second-order valence-electron chi connectivity index (χ2n) is 4.18. The van der Waals surface area contributed by atoms with Gasteiger partial charge in [0.2, 0.25) is 0 Å². The van der Waals surface area contributed by atoms with Crippen molar-refractivity contribution in [2.75, 3.05) is 13.2 Å². The summed E-state index contributed by atoms with van der Waals surface area (Å²) in [5.41, 5.74) is 3.22. The van der Waals surface area contributed by atoms with E-state index in [0.717, 1.165) is 21.7 Å². The van der Waals surface area contributed by atoms with Crippen LogP contribution in [-0.2, 0) is 4.74 Å². The molecule has 18 heavy (non-hydrogen) atoms. The van der Waals surface area contributed by atoms with E-state index in [2.05, 4.69) is 15.9 Å². The van der Waals surface area contributed by atoms with Crippen LogP contribution >= 0.6 is 27.5 Å². The van der Waals surface area contributed by atoms with Gasteiger partial charge in [0.1, 0.15) is 6.61 Å². The molecule has 0 aromatic heterocycles. The highest BCUT2D eigenvalue weighted by Gasteiger charge is 2.12. The molecule has 1 aromatic rings. The van der Waals surface area contributed by atoms with Crippen molar-refractivity contribution in [2.45, 2.75) is 31.5 Å². The summed E-state index contributed by atoms with van der Waals surface area (Å²) in [5.74, 6) is 0. The molecular formula is C13H16BrClF2O. The van der Waals surface area contributed by atoms with Crippen molar-refractivity contribution >= 4 is 27.5 Å². The highest BCUT2D eigenvalue weighted by atomic mass is 79.9. The molecule has 0 heterocycles. The lowest BCUT2D eigenvalue weighted by Crippen LogP contribution is -2.07. The van der Waals surface area contributed by atoms with Crippen molar-refractivity contribution in [3.63, 3.8) is 0 Å². The summed E-state index contributed by atoms with van der Waals surface area (Å²) in [7, 11) is 0. The van der Waals surface area contributed by atoms with E-state index in [1.165, 1.54) is 0 Å². The molecule has 0 amide bonds. The van der Waals surface area contributed by atoms with Crippen LogP contribution in [0.15, 0.2) is 12.1 Å². The van der Waals surface area contributed by atoms with Crippen LogP contribution in [0, 0.1) is 13.8 Å². The second-order valence-corrected chi connectivity index (χ2v) is 5.69. The maximum atomic E-state index is 11.9. The Labute approximate surface area is 120 Å². The third-order valence-corrected chi connectivity index (χ3v) is 4.00. The van der Waals surface area contributed by atoms with E-state index >= 15 is 0 Å². The Bertz CT molecular complexity index is 399. The van der Waals surface area contributed by atoms with Crippen molar-refractivity contribution in [3.05, 3.63) is 33.8 Å². The molecule has 1 aromatic carbocycles. The number of hydrogen-bond acceptors (Lipinski definition) is 1. The molecule has 0 fully saturated rings. The zero-order valence-electron chi connectivity index (χ0n) is 10.4. The van der Waals surface area contributed by atoms with Crippen LogP contribution in [0.25, 0.3) is 0 Å². The lowest BCUT2D eigenvalue weighted by atomic mass is 10.0. The standard InChI is InChI=1S/C13H16BrClF2O/c1-8-6-12(15)9(2)5-10(8)11(14)3-4-18-7-13(16)17/h5-6,11,13H,3-4,7H2,1-2H3. The number of benzene rings is 1. The van der Waals surface area contributed by atoms with Gasteiger partial charge >= 0.3 is 0 Å². The smallest absolute Gasteiger partial charge is 0.261 e. The fourth-order valence-electron chi connectivity index (χ4n) is 1.66. The van der Waals surface area contributed by atoms with Gasteiger partial charge in [-0.3, -0.25) is 0 Å². The topological polar surface area (TPSA) is 9.23 Å². The van der Waals surface area contributed by atoms with Crippen molar-refractivity contribution in [1.29, 1.82) is 0 Å². The van der Waals surface area contributed by atoms with Gasteiger partial charge in [-0.05, 0) is 43.0 Å². The first-order chi connectivity index (χ1) is 8.41. The van der Waals surface area contributed by atoms with E-state index < -0.39 is 13.0 Å². The van der Waals surface area contributed by atoms with E-state index in [9.17, 15) is 8.78 Å². The Kier molecular flexibility index (Phi) is 6.53. The van der Waals surface area contributed by atoms with E-state index in [1.807, 2.05) is 26.0 Å². The SMILES string of the molecule is Cc1cc(C(Br)CCOCC(F)F)c(C)cc1Cl. The molecule has 1 nitrogen and oxygen atoms in total. The van der Waals surface area contributed by atoms with E-state index in [0.29, 0.717) is 13.0 Å². The minimum Gasteiger partial charge on any atom is -0.375 e. The number of halogens is 4. The minimum atomic E-state index is -2.40. The Morgan fingerprint density at radius 2 is 1.94 bits per heavy atom. The molecule has 1 unspecified atom stereocenters. The summed E-state index contributed by atoms with van der Waals surface area (Å²) in [6.45, 7) is 3.73. The van der Waals surface area contributed by atoms with Gasteiger partial charge in [-0.2, -0.15) is 0 Å². The molecule has 0 aliphatic heterocycles. The molecule has 0 saturated heterocycles. The Balaban J connectivity index is 2.56. The van der Waals surface area contributed by atoms with Gasteiger partial charge in [0.25, 0.3) is 6.43 Å². The monoisotopic (exact) mass is 340 g/mol. The van der Waals surface area contributed by atoms with E-state index in [4.69, 9.17) is 16.3 Å². The van der Waals surface area contributed by atoms with Gasteiger partial charge < -0.3 is 4.74 Å². The van der Waals surface area contributed by atoms with Crippen LogP contribution in [0.1, 0.15) is 27.9 Å². The van der Waals surface area contributed by atoms with Gasteiger partial charge in [0, 0.05) is 16.5 Å². The molecule has 0 saturated carbocycles. The van der Waals surface area contributed by atoms with Crippen LogP contribution in [-0.4, -0.2) is 19.6 Å². The molecule has 0 N–H and O–H groups in total. The highest BCUT2D eigenvalue weighted by molar-refractivity contribution is 9.09. The fourth-order valence-corrected chi connectivity index (χ4v) is 2.55. The zero-order valence-corrected chi connectivity index (χ0v) is 12.7. The van der Waals surface area contributed by atoms with Crippen LogP contribution in [0.3, 0.4) is 0 Å². The van der Waals surface area contributed by atoms with Crippen molar-refractivity contribution < 1.29 is 13.5 Å². The molecular weight excluding hydrogens is 325 g/mol. The number of rotatable bonds is 6. The summed E-state index contributed by atoms with van der Waals surface area (Å²) >= 11 is 9.58. The molecule has 5 heteroatoms. The highest BCUT2D eigenvalue weighted by Crippen LogP contribution is 2.32. The maximum Gasteiger partial charge on any atom is 0.261 e. The van der Waals surface area contributed by atoms with Crippen LogP contribution in [0.4, 0.5) is 8.78 Å². The average molecular weight is 342 g/mol. The molecule has 0 spiro atoms. The molecule has 1 rings (SSSR count). The second kappa shape index (κ2) is 7.41. The van der Waals surface area contributed by atoms with Gasteiger partial charge in [0.05, 0.1) is 0 Å². The van der Waals surface area contributed by atoms with Crippen LogP contribution in [0.2, 0.25) is 5.02 Å². The van der Waals surface area contributed by atoms with Gasteiger partial charge in [0.15, 0.2) is 0 Å². The zero-order chi connectivity index (χ0) is 13.7. The summed E-state index contributed by atoms with van der Waals surface area (Å²) in [5, 5.41) is 0.741. The van der Waals surface area contributed by atoms with Gasteiger partial charge in [-0.1, -0.05) is 33.6 Å². The average Bonchev–Trinajstić information content (AvgIpc) is 2.28. The first-order valence-corrected chi connectivity index (χ1v) is 6.97. The van der Waals surface area contributed by atoms with E-state index in [1.54, 1.807) is 0 Å². The largest absolute Gasteiger partial charge is 0.375 e. The Morgan fingerprint density at radius 1 is 1.28 bits per heavy atom. The first-order valence-electron chi connectivity index (χ1n) is 5.68. The van der Waals surface area contributed by atoms with Crippen molar-refractivity contribution in [2.24, 2.45) is 0 Å². The predicted octanol–water partition coefficient (Wildman–Crippen LogP) is 5.06. The summed E-state index contributed by atoms with van der Waals surface area (Å²) in [6.07, 6.45) is -1.76. The lowest BCUT2D eigenvalue weighted by Gasteiger charge is -2.15. The van der Waals surface area contributed by atoms with Gasteiger partial charge in [-0.15, -0.1) is 0 Å². The normalized spacial score (nSPS) is 13.1. The van der Waals surface area contributed by atoms with Gasteiger partial charge in [-0.25, -0.2) is 8.78 Å². The maximum absolute atomic E-state index is 11.9. The van der Waals surface area contributed by atoms with Crippen LogP contribution < -0.4 is 0 Å². The molecule has 1 atom stereocenters. The summed E-state index contributed by atoms with van der Waals surface area (Å²) in [6, 6.07) is 3.94. The van der Waals surface area contributed by atoms with Crippen molar-refractivity contribution in [1.82, 2.24) is 0 Å². The summed E-state index contributed by atoms with van der Waals surface area (Å²) in [4.78, 5) is 0.0890. The third kappa shape index (κ3) is 4.82. The van der Waals surface area contributed by atoms with Crippen molar-refractivity contribution in [3.8, 4) is 0 Å². The number of ether oxygens (including phenoxy) is 1. The summed E-state index contributed by atoms with van der Waals surface area (Å²) < 4.78 is 28.7. The molecule has 0 aliphatic rings. The van der Waals surface area contributed by atoms with E-state index in [-0.39, 0.29) is 4.83 Å². The molecule has 0 radical (unpaired) electrons.